The van der Waals surface area contributed by atoms with Crippen molar-refractivity contribution in [2.24, 2.45) is 5.92 Å². The van der Waals surface area contributed by atoms with E-state index in [2.05, 4.69) is 12.7 Å². The third-order valence-corrected chi connectivity index (χ3v) is 6.17. The van der Waals surface area contributed by atoms with Crippen molar-refractivity contribution in [1.82, 2.24) is 0 Å². The molecule has 0 aromatic heterocycles. The molecule has 0 heterocycles. The minimum absolute atomic E-state index is 0.387. The summed E-state index contributed by atoms with van der Waals surface area (Å²) in [4.78, 5) is 11.2. The van der Waals surface area contributed by atoms with Crippen molar-refractivity contribution in [2.45, 2.75) is 56.1 Å². The molecule has 1 aliphatic carbocycles. The summed E-state index contributed by atoms with van der Waals surface area (Å²) in [7, 11) is 0. The molecule has 0 aromatic carbocycles. The van der Waals surface area contributed by atoms with E-state index < -0.39 is 0 Å². The van der Waals surface area contributed by atoms with Crippen LogP contribution in [-0.2, 0) is 4.79 Å². The fourth-order valence-corrected chi connectivity index (χ4v) is 4.28. The Morgan fingerprint density at radius 1 is 1.46 bits per heavy atom. The summed E-state index contributed by atoms with van der Waals surface area (Å²) in [6, 6.07) is 0. The number of hydrogen-bond donors (Lipinski definition) is 0. The van der Waals surface area contributed by atoms with Crippen LogP contribution in [0.3, 0.4) is 0 Å². The van der Waals surface area contributed by atoms with Gasteiger partial charge in [-0.25, -0.2) is 0 Å². The molecule has 76 valence electrons. The third-order valence-electron chi connectivity index (χ3n) is 3.19. The second kappa shape index (κ2) is 4.61. The average molecular weight is 247 g/mol. The van der Waals surface area contributed by atoms with Crippen LogP contribution in [0.5, 0.6) is 0 Å². The molecule has 1 nitrogen and oxygen atoms in total. The second-order valence-corrected chi connectivity index (χ2v) is 7.12. The molecule has 2 heteroatoms. The molecule has 0 unspecified atom stereocenters. The van der Waals surface area contributed by atoms with Crippen LogP contribution in [0.2, 0.25) is 10.1 Å². The zero-order valence-corrected chi connectivity index (χ0v) is 10.6. The molecule has 0 spiro atoms. The first-order valence-electron chi connectivity index (χ1n) is 5.12. The van der Waals surface area contributed by atoms with Crippen LogP contribution in [0.1, 0.15) is 46.0 Å². The number of carbonyl (C=O) groups excluding carboxylic acids is 1. The molecule has 0 saturated heterocycles. The first-order valence-corrected chi connectivity index (χ1v) is 7.69. The van der Waals surface area contributed by atoms with E-state index in [1.165, 1.54) is 25.7 Å². The minimum atomic E-state index is 0.387. The summed E-state index contributed by atoms with van der Waals surface area (Å²) in [6.07, 6.45) is 6.11. The Bertz CT molecular complexity index is 181. The topological polar surface area (TPSA) is 17.1 Å². The molecule has 0 N–H and O–H groups in total. The fraction of sp³-hybridized carbons (Fsp3) is 0.909. The first kappa shape index (κ1) is 11.3. The van der Waals surface area contributed by atoms with Crippen molar-refractivity contribution < 1.29 is 4.79 Å². The first-order chi connectivity index (χ1) is 6.08. The molecule has 1 saturated carbocycles. The van der Waals surface area contributed by atoms with Crippen molar-refractivity contribution >= 4 is 20.7 Å². The Kier molecular flexibility index (Phi) is 4.00. The van der Waals surface area contributed by atoms with Crippen LogP contribution in [0, 0.1) is 5.92 Å². The summed E-state index contributed by atoms with van der Waals surface area (Å²) in [5.41, 5.74) is 0. The van der Waals surface area contributed by atoms with Crippen LogP contribution >= 0.6 is 0 Å². The van der Waals surface area contributed by atoms with Crippen LogP contribution < -0.4 is 0 Å². The molecule has 0 bridgehead atoms. The van der Waals surface area contributed by atoms with E-state index in [9.17, 15) is 4.79 Å². The Hall–Kier alpha value is 0.189. The van der Waals surface area contributed by atoms with Gasteiger partial charge in [0.05, 0.1) is 0 Å². The maximum atomic E-state index is 11.2. The molecule has 13 heavy (non-hydrogen) atoms. The standard InChI is InChI=1S/C11H20OSe/c1-9-4-6-11(13-3,7-5-9)8-10(2)12/h9H,4-8H2,1-3H3. The van der Waals surface area contributed by atoms with Gasteiger partial charge in [0.1, 0.15) is 0 Å². The SMILES string of the molecule is C[Se]C1(CC(C)=O)CCC(C)CC1. The van der Waals surface area contributed by atoms with Crippen molar-refractivity contribution in [3.05, 3.63) is 0 Å². The summed E-state index contributed by atoms with van der Waals surface area (Å²) >= 11 is 0.638. The Morgan fingerprint density at radius 3 is 2.38 bits per heavy atom. The molecule has 1 fully saturated rings. The van der Waals surface area contributed by atoms with Gasteiger partial charge in [0.2, 0.25) is 0 Å². The van der Waals surface area contributed by atoms with Gasteiger partial charge in [0.25, 0.3) is 0 Å². The van der Waals surface area contributed by atoms with Gasteiger partial charge < -0.3 is 0 Å². The maximum absolute atomic E-state index is 11.2. The zero-order chi connectivity index (χ0) is 9.90. The van der Waals surface area contributed by atoms with Gasteiger partial charge in [0, 0.05) is 0 Å². The van der Waals surface area contributed by atoms with Crippen LogP contribution in [0.25, 0.3) is 0 Å². The van der Waals surface area contributed by atoms with Crippen molar-refractivity contribution in [1.29, 1.82) is 0 Å². The predicted molar refractivity (Wildman–Crippen MR) is 57.2 cm³/mol. The Morgan fingerprint density at radius 2 is 2.00 bits per heavy atom. The fourth-order valence-electron chi connectivity index (χ4n) is 2.19. The summed E-state index contributed by atoms with van der Waals surface area (Å²) in [5, 5.41) is 0. The average Bonchev–Trinajstić information content (AvgIpc) is 2.09. The van der Waals surface area contributed by atoms with Crippen LogP contribution in [0.15, 0.2) is 0 Å². The molecule has 1 rings (SSSR count). The van der Waals surface area contributed by atoms with Crippen molar-refractivity contribution in [2.75, 3.05) is 0 Å². The summed E-state index contributed by atoms with van der Waals surface area (Å²) < 4.78 is 0.436. The normalized spacial score (nSPS) is 34.5. The Labute approximate surface area is 87.8 Å². The number of hydrogen-bond acceptors (Lipinski definition) is 1. The molecule has 0 radical (unpaired) electrons. The molecular weight excluding hydrogens is 227 g/mol. The predicted octanol–water partition coefficient (Wildman–Crippen LogP) is 3.09. The van der Waals surface area contributed by atoms with E-state index in [0.29, 0.717) is 25.1 Å². The van der Waals surface area contributed by atoms with E-state index >= 15 is 0 Å². The number of rotatable bonds is 3. The molecule has 0 atom stereocenters. The number of ketones is 1. The van der Waals surface area contributed by atoms with E-state index in [4.69, 9.17) is 0 Å². The van der Waals surface area contributed by atoms with E-state index in [1.807, 2.05) is 0 Å². The van der Waals surface area contributed by atoms with E-state index in [1.54, 1.807) is 6.92 Å². The second-order valence-electron chi connectivity index (χ2n) is 4.45. The molecule has 0 amide bonds. The van der Waals surface area contributed by atoms with E-state index in [0.717, 1.165) is 12.3 Å². The van der Waals surface area contributed by atoms with Crippen LogP contribution in [-0.4, -0.2) is 20.7 Å². The molecule has 0 aromatic rings. The summed E-state index contributed by atoms with van der Waals surface area (Å²) in [6.45, 7) is 4.08. The third kappa shape index (κ3) is 3.10. The number of carbonyl (C=O) groups is 1. The quantitative estimate of drug-likeness (QED) is 0.700. The molecular formula is C11H20OSe. The van der Waals surface area contributed by atoms with E-state index in [-0.39, 0.29) is 0 Å². The van der Waals surface area contributed by atoms with Gasteiger partial charge >= 0.3 is 87.5 Å². The molecule has 1 aliphatic rings. The zero-order valence-electron chi connectivity index (χ0n) is 8.93. The van der Waals surface area contributed by atoms with Crippen LogP contribution in [0.4, 0.5) is 0 Å². The summed E-state index contributed by atoms with van der Waals surface area (Å²) in [5.74, 6) is 3.58. The monoisotopic (exact) mass is 248 g/mol. The Balaban J connectivity index is 2.55. The van der Waals surface area contributed by atoms with Gasteiger partial charge in [0.15, 0.2) is 0 Å². The van der Waals surface area contributed by atoms with Crippen molar-refractivity contribution in [3.63, 3.8) is 0 Å². The van der Waals surface area contributed by atoms with Gasteiger partial charge in [-0.2, -0.15) is 0 Å². The van der Waals surface area contributed by atoms with Gasteiger partial charge in [-0.3, -0.25) is 0 Å². The molecule has 0 aliphatic heterocycles. The van der Waals surface area contributed by atoms with Gasteiger partial charge in [-0.1, -0.05) is 0 Å². The van der Waals surface area contributed by atoms with Gasteiger partial charge in [-0.05, 0) is 0 Å². The van der Waals surface area contributed by atoms with Gasteiger partial charge in [-0.15, -0.1) is 0 Å². The number of Topliss-reactive ketones (excluding diaryl/α,β-unsaturated/α-hetero) is 1. The van der Waals surface area contributed by atoms with Crippen molar-refractivity contribution in [3.8, 4) is 0 Å².